The van der Waals surface area contributed by atoms with Crippen molar-refractivity contribution in [2.24, 2.45) is 23.2 Å². The van der Waals surface area contributed by atoms with E-state index in [1.807, 2.05) is 30.3 Å². The van der Waals surface area contributed by atoms with Gasteiger partial charge in [0.05, 0.1) is 0 Å². The second-order valence-electron chi connectivity index (χ2n) is 9.82. The quantitative estimate of drug-likeness (QED) is 0.521. The highest BCUT2D eigenvalue weighted by Gasteiger charge is 2.54. The molecule has 0 radical (unpaired) electrons. The van der Waals surface area contributed by atoms with Crippen LogP contribution in [-0.4, -0.2) is 25.0 Å². The molecule has 0 amide bonds. The van der Waals surface area contributed by atoms with Crippen LogP contribution in [0.4, 0.5) is 0 Å². The number of hydrogen-bond donors (Lipinski definition) is 0. The minimum absolute atomic E-state index is 0.116. The Labute approximate surface area is 189 Å². The standard InChI is InChI=1S/C27H30O5/c28-25(27-13-20-10-21(14-27)12-22(11-20)15-27)17-32-26(29)18-31-24-8-6-23(7-9-24)30-16-19-4-2-1-3-5-19/h1-9,20-22H,10-18H2. The first-order chi connectivity index (χ1) is 15.6. The molecule has 0 aliphatic heterocycles. The molecule has 0 aromatic heterocycles. The van der Waals surface area contributed by atoms with Crippen LogP contribution in [0, 0.1) is 23.2 Å². The lowest BCUT2D eigenvalue weighted by Gasteiger charge is -2.55. The first-order valence-electron chi connectivity index (χ1n) is 11.7. The zero-order chi connectivity index (χ0) is 22.0. The maximum atomic E-state index is 12.9. The minimum atomic E-state index is -0.507. The highest BCUT2D eigenvalue weighted by atomic mass is 16.6. The molecule has 168 valence electrons. The Morgan fingerprint density at radius 3 is 1.91 bits per heavy atom. The average Bonchev–Trinajstić information content (AvgIpc) is 2.80. The number of benzene rings is 2. The van der Waals surface area contributed by atoms with Crippen LogP contribution in [0.15, 0.2) is 54.6 Å². The zero-order valence-corrected chi connectivity index (χ0v) is 18.3. The van der Waals surface area contributed by atoms with Crippen molar-refractivity contribution < 1.29 is 23.8 Å². The minimum Gasteiger partial charge on any atom is -0.489 e. The molecule has 0 unspecified atom stereocenters. The third-order valence-corrected chi connectivity index (χ3v) is 7.42. The van der Waals surface area contributed by atoms with Gasteiger partial charge in [0.15, 0.2) is 19.0 Å². The summed E-state index contributed by atoms with van der Waals surface area (Å²) in [7, 11) is 0. The van der Waals surface area contributed by atoms with Crippen LogP contribution in [0.3, 0.4) is 0 Å². The SMILES string of the molecule is O=C(COc1ccc(OCc2ccccc2)cc1)OCC(=O)C12CC3CC(CC(C3)C1)C2. The Morgan fingerprint density at radius 2 is 1.31 bits per heavy atom. The van der Waals surface area contributed by atoms with Gasteiger partial charge < -0.3 is 14.2 Å². The van der Waals surface area contributed by atoms with Crippen LogP contribution in [0.25, 0.3) is 0 Å². The molecule has 4 saturated carbocycles. The lowest BCUT2D eigenvalue weighted by Crippen LogP contribution is -2.51. The number of ketones is 1. The fraction of sp³-hybridized carbons (Fsp3) is 0.481. The fourth-order valence-electron chi connectivity index (χ4n) is 6.31. The van der Waals surface area contributed by atoms with E-state index in [9.17, 15) is 9.59 Å². The van der Waals surface area contributed by atoms with Crippen molar-refractivity contribution in [3.05, 3.63) is 60.2 Å². The number of hydrogen-bond acceptors (Lipinski definition) is 5. The molecule has 0 saturated heterocycles. The van der Waals surface area contributed by atoms with Crippen molar-refractivity contribution >= 4 is 11.8 Å². The second-order valence-corrected chi connectivity index (χ2v) is 9.82. The molecule has 5 heteroatoms. The Hall–Kier alpha value is -2.82. The van der Waals surface area contributed by atoms with Crippen LogP contribution in [0.1, 0.15) is 44.1 Å². The van der Waals surface area contributed by atoms with E-state index in [1.165, 1.54) is 19.3 Å². The number of esters is 1. The molecule has 0 spiro atoms. The van der Waals surface area contributed by atoms with E-state index in [0.717, 1.165) is 30.6 Å². The van der Waals surface area contributed by atoms with E-state index in [1.54, 1.807) is 24.3 Å². The number of rotatable bonds is 9. The van der Waals surface area contributed by atoms with Crippen molar-refractivity contribution in [3.8, 4) is 11.5 Å². The van der Waals surface area contributed by atoms with Crippen LogP contribution in [-0.2, 0) is 20.9 Å². The summed E-state index contributed by atoms with van der Waals surface area (Å²) in [4.78, 5) is 25.1. The molecule has 4 bridgehead atoms. The molecule has 2 aromatic rings. The predicted octanol–water partition coefficient (Wildman–Crippen LogP) is 4.97. The molecule has 0 atom stereocenters. The number of carbonyl (C=O) groups excluding carboxylic acids is 2. The summed E-state index contributed by atoms with van der Waals surface area (Å²) in [6.07, 6.45) is 6.84. The van der Waals surface area contributed by atoms with Gasteiger partial charge >= 0.3 is 5.97 Å². The maximum Gasteiger partial charge on any atom is 0.344 e. The molecule has 0 N–H and O–H groups in total. The predicted molar refractivity (Wildman–Crippen MR) is 119 cm³/mol. The smallest absolute Gasteiger partial charge is 0.344 e. The van der Waals surface area contributed by atoms with Crippen molar-refractivity contribution in [3.63, 3.8) is 0 Å². The van der Waals surface area contributed by atoms with Gasteiger partial charge in [0, 0.05) is 5.41 Å². The third kappa shape index (κ3) is 4.67. The van der Waals surface area contributed by atoms with Gasteiger partial charge in [0.2, 0.25) is 0 Å². The summed E-state index contributed by atoms with van der Waals surface area (Å²) < 4.78 is 16.6. The van der Waals surface area contributed by atoms with Crippen LogP contribution in [0.2, 0.25) is 0 Å². The van der Waals surface area contributed by atoms with Crippen LogP contribution >= 0.6 is 0 Å². The summed E-state index contributed by atoms with van der Waals surface area (Å²) in [5.74, 6) is 2.99. The normalized spacial score (nSPS) is 27.7. The van der Waals surface area contributed by atoms with E-state index in [2.05, 4.69) is 0 Å². The molecule has 6 rings (SSSR count). The van der Waals surface area contributed by atoms with Gasteiger partial charge in [0.1, 0.15) is 18.1 Å². The molecule has 4 aliphatic carbocycles. The van der Waals surface area contributed by atoms with E-state index in [-0.39, 0.29) is 24.4 Å². The van der Waals surface area contributed by atoms with Gasteiger partial charge in [-0.05, 0) is 86.1 Å². The topological polar surface area (TPSA) is 61.8 Å². The molecule has 4 aliphatic rings. The summed E-state index contributed by atoms with van der Waals surface area (Å²) in [5, 5.41) is 0. The summed E-state index contributed by atoms with van der Waals surface area (Å²) in [5.41, 5.74) is 0.865. The van der Waals surface area contributed by atoms with E-state index in [0.29, 0.717) is 30.1 Å². The molecule has 32 heavy (non-hydrogen) atoms. The first kappa shape index (κ1) is 21.0. The molecular formula is C27H30O5. The van der Waals surface area contributed by atoms with E-state index < -0.39 is 5.97 Å². The Kier molecular flexibility index (Phi) is 5.90. The second kappa shape index (κ2) is 8.97. The van der Waals surface area contributed by atoms with Crippen molar-refractivity contribution in [2.45, 2.75) is 45.1 Å². The van der Waals surface area contributed by atoms with Crippen LogP contribution < -0.4 is 9.47 Å². The van der Waals surface area contributed by atoms with E-state index in [4.69, 9.17) is 14.2 Å². The number of ether oxygens (including phenoxy) is 3. The Balaban J connectivity index is 1.05. The monoisotopic (exact) mass is 434 g/mol. The van der Waals surface area contributed by atoms with Gasteiger partial charge in [-0.2, -0.15) is 0 Å². The summed E-state index contributed by atoms with van der Waals surface area (Å²) in [6.45, 7) is 0.157. The zero-order valence-electron chi connectivity index (χ0n) is 18.3. The first-order valence-corrected chi connectivity index (χ1v) is 11.7. The maximum absolute atomic E-state index is 12.9. The third-order valence-electron chi connectivity index (χ3n) is 7.42. The molecule has 4 fully saturated rings. The van der Waals surface area contributed by atoms with Gasteiger partial charge in [-0.3, -0.25) is 4.79 Å². The molecular weight excluding hydrogens is 404 g/mol. The summed E-state index contributed by atoms with van der Waals surface area (Å²) in [6, 6.07) is 17.1. The van der Waals surface area contributed by atoms with Crippen molar-refractivity contribution in [1.82, 2.24) is 0 Å². The molecule has 2 aromatic carbocycles. The number of carbonyl (C=O) groups is 2. The van der Waals surface area contributed by atoms with Crippen molar-refractivity contribution in [1.29, 1.82) is 0 Å². The largest absolute Gasteiger partial charge is 0.489 e. The van der Waals surface area contributed by atoms with Gasteiger partial charge in [-0.1, -0.05) is 30.3 Å². The Bertz CT molecular complexity index is 914. The highest BCUT2D eigenvalue weighted by Crippen LogP contribution is 2.60. The number of Topliss-reactive ketones (excluding diaryl/α,β-unsaturated/α-hetero) is 1. The fourth-order valence-corrected chi connectivity index (χ4v) is 6.31. The Morgan fingerprint density at radius 1 is 0.750 bits per heavy atom. The van der Waals surface area contributed by atoms with Gasteiger partial charge in [-0.25, -0.2) is 4.79 Å². The van der Waals surface area contributed by atoms with Crippen molar-refractivity contribution in [2.75, 3.05) is 13.2 Å². The van der Waals surface area contributed by atoms with Gasteiger partial charge in [-0.15, -0.1) is 0 Å². The lowest BCUT2D eigenvalue weighted by atomic mass is 9.48. The lowest BCUT2D eigenvalue weighted by molar-refractivity contribution is -0.158. The summed E-state index contributed by atoms with van der Waals surface area (Å²) >= 11 is 0. The molecule has 5 nitrogen and oxygen atoms in total. The van der Waals surface area contributed by atoms with Gasteiger partial charge in [0.25, 0.3) is 0 Å². The van der Waals surface area contributed by atoms with E-state index >= 15 is 0 Å². The molecule has 0 heterocycles. The highest BCUT2D eigenvalue weighted by molar-refractivity contribution is 5.88. The van der Waals surface area contributed by atoms with Crippen LogP contribution in [0.5, 0.6) is 11.5 Å². The average molecular weight is 435 g/mol.